The van der Waals surface area contributed by atoms with Gasteiger partial charge in [0.15, 0.2) is 9.84 Å². The van der Waals surface area contributed by atoms with Gasteiger partial charge in [-0.05, 0) is 24.1 Å². The zero-order chi connectivity index (χ0) is 14.5. The highest BCUT2D eigenvalue weighted by atomic mass is 32.2. The van der Waals surface area contributed by atoms with E-state index in [0.29, 0.717) is 11.4 Å². The number of benzene rings is 1. The van der Waals surface area contributed by atoms with Gasteiger partial charge < -0.3 is 11.1 Å². The van der Waals surface area contributed by atoms with Crippen LogP contribution in [-0.4, -0.2) is 25.8 Å². The third kappa shape index (κ3) is 5.74. The van der Waals surface area contributed by atoms with Crippen LogP contribution in [0.3, 0.4) is 0 Å². The van der Waals surface area contributed by atoms with Gasteiger partial charge in [-0.3, -0.25) is 4.79 Å². The predicted octanol–water partition coefficient (Wildman–Crippen LogP) is 1.67. The van der Waals surface area contributed by atoms with Gasteiger partial charge in [0.05, 0.1) is 5.75 Å². The molecule has 0 radical (unpaired) electrons. The van der Waals surface area contributed by atoms with Crippen LogP contribution in [0.1, 0.15) is 20.3 Å². The molecule has 0 heterocycles. The maximum Gasteiger partial charge on any atom is 0.239 e. The number of anilines is 2. The van der Waals surface area contributed by atoms with E-state index in [4.69, 9.17) is 5.73 Å². The Hall–Kier alpha value is -1.56. The second kappa shape index (κ2) is 6.56. The Morgan fingerprint density at radius 2 is 2.11 bits per heavy atom. The van der Waals surface area contributed by atoms with Crippen LogP contribution in [0.5, 0.6) is 0 Å². The summed E-state index contributed by atoms with van der Waals surface area (Å²) in [6.07, 6.45) is 0.774. The van der Waals surface area contributed by atoms with Crippen molar-refractivity contribution in [3.8, 4) is 0 Å². The van der Waals surface area contributed by atoms with Gasteiger partial charge >= 0.3 is 0 Å². The number of hydrogen-bond donors (Lipinski definition) is 2. The van der Waals surface area contributed by atoms with Crippen LogP contribution in [0.4, 0.5) is 11.4 Å². The molecule has 1 rings (SSSR count). The highest BCUT2D eigenvalue weighted by Gasteiger charge is 2.19. The second-order valence-corrected chi connectivity index (χ2v) is 6.85. The van der Waals surface area contributed by atoms with Gasteiger partial charge in [0.1, 0.15) is 5.75 Å². The smallest absolute Gasteiger partial charge is 0.239 e. The largest absolute Gasteiger partial charge is 0.399 e. The molecule has 0 aliphatic rings. The molecule has 1 aromatic carbocycles. The van der Waals surface area contributed by atoms with Crippen molar-refractivity contribution in [2.24, 2.45) is 5.92 Å². The summed E-state index contributed by atoms with van der Waals surface area (Å²) in [5.41, 5.74) is 6.59. The summed E-state index contributed by atoms with van der Waals surface area (Å²) >= 11 is 0. The van der Waals surface area contributed by atoms with Crippen molar-refractivity contribution in [1.29, 1.82) is 0 Å². The number of nitrogens with two attached hydrogens (primary N) is 1. The average Bonchev–Trinajstić information content (AvgIpc) is 2.26. The lowest BCUT2D eigenvalue weighted by Crippen LogP contribution is -2.26. The molecular formula is C13H20N2O3S. The van der Waals surface area contributed by atoms with E-state index in [2.05, 4.69) is 5.32 Å². The van der Waals surface area contributed by atoms with Gasteiger partial charge in [0, 0.05) is 11.4 Å². The fraction of sp³-hybridized carbons (Fsp3) is 0.462. The van der Waals surface area contributed by atoms with E-state index in [1.165, 1.54) is 0 Å². The summed E-state index contributed by atoms with van der Waals surface area (Å²) in [4.78, 5) is 11.7. The first-order chi connectivity index (χ1) is 8.82. The molecule has 0 aliphatic heterocycles. The number of carbonyl (C=O) groups is 1. The summed E-state index contributed by atoms with van der Waals surface area (Å²) in [5.74, 6) is -0.931. The standard InChI is InChI=1S/C13H20N2O3S/c1-3-10(2)8-19(17,18)9-13(16)15-12-6-4-5-11(14)7-12/h4-7,10H,3,8-9,14H2,1-2H3,(H,15,16). The maximum absolute atomic E-state index is 11.8. The molecule has 1 aromatic rings. The lowest BCUT2D eigenvalue weighted by molar-refractivity contribution is -0.113. The zero-order valence-corrected chi connectivity index (χ0v) is 12.0. The van der Waals surface area contributed by atoms with Gasteiger partial charge in [-0.2, -0.15) is 0 Å². The summed E-state index contributed by atoms with van der Waals surface area (Å²) in [6.45, 7) is 3.78. The molecule has 5 nitrogen and oxygen atoms in total. The molecule has 0 spiro atoms. The minimum Gasteiger partial charge on any atom is -0.399 e. The number of sulfone groups is 1. The highest BCUT2D eigenvalue weighted by Crippen LogP contribution is 2.12. The van der Waals surface area contributed by atoms with Crippen LogP contribution < -0.4 is 11.1 Å². The first-order valence-corrected chi connectivity index (χ1v) is 8.00. The molecule has 1 unspecified atom stereocenters. The van der Waals surface area contributed by atoms with Crippen LogP contribution in [-0.2, 0) is 14.6 Å². The molecule has 0 fully saturated rings. The first-order valence-electron chi connectivity index (χ1n) is 6.18. The Bertz CT molecular complexity index is 541. The monoisotopic (exact) mass is 284 g/mol. The number of amides is 1. The molecule has 0 saturated heterocycles. The number of nitrogen functional groups attached to an aromatic ring is 1. The highest BCUT2D eigenvalue weighted by molar-refractivity contribution is 7.92. The Morgan fingerprint density at radius 1 is 1.42 bits per heavy atom. The minimum absolute atomic E-state index is 0.0356. The molecule has 19 heavy (non-hydrogen) atoms. The molecule has 0 bridgehead atoms. The molecule has 0 aromatic heterocycles. The van der Waals surface area contributed by atoms with E-state index in [0.717, 1.165) is 6.42 Å². The molecule has 0 aliphatic carbocycles. The van der Waals surface area contributed by atoms with Crippen LogP contribution >= 0.6 is 0 Å². The first kappa shape index (κ1) is 15.5. The van der Waals surface area contributed by atoms with Gasteiger partial charge in [-0.25, -0.2) is 8.42 Å². The van der Waals surface area contributed by atoms with E-state index < -0.39 is 21.5 Å². The normalized spacial score (nSPS) is 12.9. The zero-order valence-electron chi connectivity index (χ0n) is 11.2. The van der Waals surface area contributed by atoms with Crippen LogP contribution in [0.2, 0.25) is 0 Å². The maximum atomic E-state index is 11.8. The number of carbonyl (C=O) groups excluding carboxylic acids is 1. The number of nitrogens with one attached hydrogen (secondary N) is 1. The van der Waals surface area contributed by atoms with Crippen molar-refractivity contribution in [1.82, 2.24) is 0 Å². The van der Waals surface area contributed by atoms with Gasteiger partial charge in [0.25, 0.3) is 0 Å². The molecular weight excluding hydrogens is 264 g/mol. The topological polar surface area (TPSA) is 89.3 Å². The van der Waals surface area contributed by atoms with Crippen molar-refractivity contribution in [3.05, 3.63) is 24.3 Å². The van der Waals surface area contributed by atoms with E-state index in [1.807, 2.05) is 13.8 Å². The number of hydrogen-bond acceptors (Lipinski definition) is 4. The van der Waals surface area contributed by atoms with Crippen molar-refractivity contribution in [3.63, 3.8) is 0 Å². The molecule has 1 atom stereocenters. The molecule has 3 N–H and O–H groups in total. The van der Waals surface area contributed by atoms with E-state index in [9.17, 15) is 13.2 Å². The summed E-state index contributed by atoms with van der Waals surface area (Å²) in [7, 11) is -3.37. The Labute approximate surface area is 114 Å². The van der Waals surface area contributed by atoms with E-state index in [1.54, 1.807) is 24.3 Å². The van der Waals surface area contributed by atoms with Crippen molar-refractivity contribution in [2.45, 2.75) is 20.3 Å². The summed E-state index contributed by atoms with van der Waals surface area (Å²) in [5, 5.41) is 2.53. The van der Waals surface area contributed by atoms with Crippen LogP contribution in [0.25, 0.3) is 0 Å². The number of rotatable bonds is 6. The quantitative estimate of drug-likeness (QED) is 0.778. The minimum atomic E-state index is -3.37. The Kier molecular flexibility index (Phi) is 5.35. The van der Waals surface area contributed by atoms with Crippen LogP contribution in [0, 0.1) is 5.92 Å². The summed E-state index contributed by atoms with van der Waals surface area (Å²) < 4.78 is 23.6. The van der Waals surface area contributed by atoms with Gasteiger partial charge in [0.2, 0.25) is 5.91 Å². The Morgan fingerprint density at radius 3 is 2.68 bits per heavy atom. The van der Waals surface area contributed by atoms with Gasteiger partial charge in [-0.15, -0.1) is 0 Å². The third-order valence-corrected chi connectivity index (χ3v) is 4.54. The second-order valence-electron chi connectivity index (χ2n) is 4.74. The fourth-order valence-corrected chi connectivity index (χ4v) is 3.32. The fourth-order valence-electron chi connectivity index (χ4n) is 1.62. The molecule has 6 heteroatoms. The van der Waals surface area contributed by atoms with E-state index >= 15 is 0 Å². The van der Waals surface area contributed by atoms with E-state index in [-0.39, 0.29) is 11.7 Å². The predicted molar refractivity (Wildman–Crippen MR) is 77.6 cm³/mol. The molecule has 1 amide bonds. The SMILES string of the molecule is CCC(C)CS(=O)(=O)CC(=O)Nc1cccc(N)c1. The lowest BCUT2D eigenvalue weighted by Gasteiger charge is -2.10. The third-order valence-electron chi connectivity index (χ3n) is 2.76. The van der Waals surface area contributed by atoms with Crippen molar-refractivity contribution in [2.75, 3.05) is 22.6 Å². The summed E-state index contributed by atoms with van der Waals surface area (Å²) in [6, 6.07) is 6.63. The van der Waals surface area contributed by atoms with Gasteiger partial charge in [-0.1, -0.05) is 26.3 Å². The van der Waals surface area contributed by atoms with Crippen molar-refractivity contribution >= 4 is 27.1 Å². The lowest BCUT2D eigenvalue weighted by atomic mass is 10.2. The Balaban J connectivity index is 2.60. The molecule has 0 saturated carbocycles. The van der Waals surface area contributed by atoms with Crippen molar-refractivity contribution < 1.29 is 13.2 Å². The van der Waals surface area contributed by atoms with Crippen LogP contribution in [0.15, 0.2) is 24.3 Å². The average molecular weight is 284 g/mol. The molecule has 106 valence electrons.